The van der Waals surface area contributed by atoms with Gasteiger partial charge < -0.3 is 0 Å². The molecule has 0 atom stereocenters. The van der Waals surface area contributed by atoms with E-state index in [1.807, 2.05) is 0 Å². The number of hydrogen-bond donors (Lipinski definition) is 0. The summed E-state index contributed by atoms with van der Waals surface area (Å²) >= 11 is 0. The summed E-state index contributed by atoms with van der Waals surface area (Å²) in [4.78, 5) is 0. The molecular formula is C72H60P4Pd+2. The molecule has 0 aliphatic carbocycles. The van der Waals surface area contributed by atoms with Crippen molar-refractivity contribution < 1.29 is 20.4 Å². The summed E-state index contributed by atoms with van der Waals surface area (Å²) in [6.07, 6.45) is 0. The van der Waals surface area contributed by atoms with Crippen LogP contribution in [0.25, 0.3) is 0 Å². The van der Waals surface area contributed by atoms with Gasteiger partial charge in [-0.3, -0.25) is 0 Å². The van der Waals surface area contributed by atoms with Gasteiger partial charge in [0.05, 0.1) is 0 Å². The fourth-order valence-electron chi connectivity index (χ4n) is 8.71. The van der Waals surface area contributed by atoms with Gasteiger partial charge in [-0.2, -0.15) is 0 Å². The van der Waals surface area contributed by atoms with Gasteiger partial charge in [0, 0.05) is 0 Å². The molecule has 0 bridgehead atoms. The molecule has 0 spiro atoms. The minimum absolute atomic E-state index is 0. The zero-order valence-corrected chi connectivity index (χ0v) is 47.9. The fraction of sp³-hybridized carbons (Fsp3) is 0. The molecule has 0 saturated carbocycles. The van der Waals surface area contributed by atoms with Crippen molar-refractivity contribution in [1.82, 2.24) is 0 Å². The first-order chi connectivity index (χ1) is 37.8. The third-order valence-corrected chi connectivity index (χ3v) is 21.9. The molecular weight excluding hydrogens is 1100 g/mol. The van der Waals surface area contributed by atoms with Crippen LogP contribution in [0, 0.1) is 0 Å². The van der Waals surface area contributed by atoms with Gasteiger partial charge in [-0.25, -0.2) is 0 Å². The Morgan fingerprint density at radius 3 is 0.234 bits per heavy atom. The van der Waals surface area contributed by atoms with Gasteiger partial charge in [-0.05, 0) is 95.3 Å². The van der Waals surface area contributed by atoms with E-state index < -0.39 is 31.7 Å². The summed E-state index contributed by atoms with van der Waals surface area (Å²) in [5.41, 5.74) is 0. The van der Waals surface area contributed by atoms with E-state index in [2.05, 4.69) is 364 Å². The largest absolute Gasteiger partial charge is 2.00 e. The Morgan fingerprint density at radius 1 is 0.104 bits per heavy atom. The number of benzene rings is 12. The van der Waals surface area contributed by atoms with Gasteiger partial charge in [0.1, 0.15) is 0 Å². The molecule has 0 aliphatic heterocycles. The summed E-state index contributed by atoms with van der Waals surface area (Å²) in [5.74, 6) is 0. The molecule has 376 valence electrons. The molecule has 77 heavy (non-hydrogen) atoms. The van der Waals surface area contributed by atoms with Crippen molar-refractivity contribution in [3.8, 4) is 0 Å². The van der Waals surface area contributed by atoms with Crippen molar-refractivity contribution in [2.75, 3.05) is 0 Å². The van der Waals surface area contributed by atoms with E-state index in [1.54, 1.807) is 0 Å². The maximum absolute atomic E-state index is 2.23. The molecule has 12 aromatic carbocycles. The molecule has 0 amide bonds. The van der Waals surface area contributed by atoms with E-state index in [0.29, 0.717) is 0 Å². The predicted molar refractivity (Wildman–Crippen MR) is 341 cm³/mol. The van der Waals surface area contributed by atoms with Crippen LogP contribution in [0.1, 0.15) is 0 Å². The Morgan fingerprint density at radius 2 is 0.169 bits per heavy atom. The predicted octanol–water partition coefficient (Wildman–Crippen LogP) is 13.8. The van der Waals surface area contributed by atoms with Crippen LogP contribution in [-0.4, -0.2) is 0 Å². The average Bonchev–Trinajstić information content (AvgIpc) is 3.51. The summed E-state index contributed by atoms with van der Waals surface area (Å²) in [6.45, 7) is 0. The Labute approximate surface area is 476 Å². The first-order valence-electron chi connectivity index (χ1n) is 25.6. The van der Waals surface area contributed by atoms with Gasteiger partial charge in [0.2, 0.25) is 0 Å². The topological polar surface area (TPSA) is 0 Å². The Balaban J connectivity index is 0.000000135. The summed E-state index contributed by atoms with van der Waals surface area (Å²) in [6, 6.07) is 129. The van der Waals surface area contributed by atoms with Gasteiger partial charge in [-0.15, -0.1) is 0 Å². The van der Waals surface area contributed by atoms with Crippen molar-refractivity contribution >= 4 is 95.3 Å². The summed E-state index contributed by atoms with van der Waals surface area (Å²) in [5, 5.41) is 16.8. The second-order valence-electron chi connectivity index (χ2n) is 17.4. The Hall–Kier alpha value is -6.98. The number of hydrogen-bond acceptors (Lipinski definition) is 0. The smallest absolute Gasteiger partial charge is 0.0622 e. The van der Waals surface area contributed by atoms with E-state index in [4.69, 9.17) is 0 Å². The maximum atomic E-state index is 2.23. The van der Waals surface area contributed by atoms with Crippen LogP contribution in [0.15, 0.2) is 364 Å². The molecule has 0 heterocycles. The molecule has 0 nitrogen and oxygen atoms in total. The third kappa shape index (κ3) is 16.5. The van der Waals surface area contributed by atoms with E-state index >= 15 is 0 Å². The second kappa shape index (κ2) is 31.3. The molecule has 0 saturated heterocycles. The summed E-state index contributed by atoms with van der Waals surface area (Å²) < 4.78 is 0. The van der Waals surface area contributed by atoms with Crippen LogP contribution in [0.3, 0.4) is 0 Å². The van der Waals surface area contributed by atoms with Crippen LogP contribution in [0.5, 0.6) is 0 Å². The van der Waals surface area contributed by atoms with E-state index in [-0.39, 0.29) is 20.4 Å². The first kappa shape index (κ1) is 56.2. The van der Waals surface area contributed by atoms with Gasteiger partial charge in [-0.1, -0.05) is 364 Å². The zero-order valence-electron chi connectivity index (χ0n) is 42.7. The molecule has 12 rings (SSSR count). The van der Waals surface area contributed by atoms with Gasteiger partial charge in [0.15, 0.2) is 0 Å². The zero-order chi connectivity index (χ0) is 51.7. The van der Waals surface area contributed by atoms with Crippen LogP contribution in [0.4, 0.5) is 0 Å². The molecule has 0 aliphatic rings. The van der Waals surface area contributed by atoms with E-state index in [0.717, 1.165) is 0 Å². The average molecular weight is 1160 g/mol. The second-order valence-corrected chi connectivity index (χ2v) is 26.2. The van der Waals surface area contributed by atoms with Crippen molar-refractivity contribution in [3.63, 3.8) is 0 Å². The summed E-state index contributed by atoms with van der Waals surface area (Å²) in [7, 11) is -1.78. The minimum atomic E-state index is -0.446. The van der Waals surface area contributed by atoms with Crippen molar-refractivity contribution in [2.45, 2.75) is 0 Å². The van der Waals surface area contributed by atoms with Crippen LogP contribution in [-0.2, 0) is 20.4 Å². The molecule has 0 radical (unpaired) electrons. The van der Waals surface area contributed by atoms with E-state index in [9.17, 15) is 0 Å². The normalized spacial score (nSPS) is 10.4. The molecule has 12 aromatic rings. The van der Waals surface area contributed by atoms with Gasteiger partial charge >= 0.3 is 20.4 Å². The van der Waals surface area contributed by atoms with Crippen molar-refractivity contribution in [2.24, 2.45) is 0 Å². The minimum Gasteiger partial charge on any atom is -0.0622 e. The van der Waals surface area contributed by atoms with Gasteiger partial charge in [0.25, 0.3) is 0 Å². The molecule has 0 unspecified atom stereocenters. The third-order valence-electron chi connectivity index (χ3n) is 12.2. The number of rotatable bonds is 12. The van der Waals surface area contributed by atoms with Crippen LogP contribution in [0.2, 0.25) is 0 Å². The first-order valence-corrected chi connectivity index (χ1v) is 31.0. The standard InChI is InChI=1S/4C18H15P.Pd/c4*1-4-10-16(11-5-1)19(17-12-6-2-7-13-17)18-14-8-3-9-15-18;/h4*1-15H;/q;;;;+2. The molecule has 5 heteroatoms. The van der Waals surface area contributed by atoms with E-state index in [1.165, 1.54) is 63.7 Å². The quantitative estimate of drug-likeness (QED) is 0.0845. The Kier molecular flexibility index (Phi) is 22.9. The van der Waals surface area contributed by atoms with Crippen molar-refractivity contribution in [1.29, 1.82) is 0 Å². The van der Waals surface area contributed by atoms with Crippen molar-refractivity contribution in [3.05, 3.63) is 364 Å². The van der Waals surface area contributed by atoms with Crippen LogP contribution >= 0.6 is 31.7 Å². The monoisotopic (exact) mass is 1150 g/mol. The maximum Gasteiger partial charge on any atom is 2.00 e. The Bertz CT molecular complexity index is 2580. The molecule has 0 fully saturated rings. The molecule has 0 N–H and O–H groups in total. The van der Waals surface area contributed by atoms with Crippen LogP contribution < -0.4 is 63.7 Å². The SMILES string of the molecule is [Pd+2].c1ccc(P(c2ccccc2)c2ccccc2)cc1.c1ccc(P(c2ccccc2)c2ccccc2)cc1.c1ccc(P(c2ccccc2)c2ccccc2)cc1.c1ccc(P(c2ccccc2)c2ccccc2)cc1. The molecule has 0 aromatic heterocycles. The fourth-order valence-corrected chi connectivity index (χ4v) is 17.9.